The summed E-state index contributed by atoms with van der Waals surface area (Å²) in [4.78, 5) is 24.4. The van der Waals surface area contributed by atoms with Gasteiger partial charge in [-0.05, 0) is 27.8 Å². The van der Waals surface area contributed by atoms with Gasteiger partial charge in [-0.15, -0.1) is 0 Å². The Morgan fingerprint density at radius 3 is 2.20 bits per heavy atom. The predicted octanol–water partition coefficient (Wildman–Crippen LogP) is 0.00430. The van der Waals surface area contributed by atoms with Gasteiger partial charge in [-0.25, -0.2) is 0 Å². The topological polar surface area (TPSA) is 58.6 Å². The maximum absolute atomic E-state index is 11.8. The monoisotopic (exact) mass is 216 g/mol. The quantitative estimate of drug-likeness (QED) is 0.657. The standard InChI is InChI=1S/C10H20N2O3/c1-7(2)12(6-9(13)15-5)10(14)8(3)11-4/h7-8,11H,6H2,1-5H3. The molecule has 5 nitrogen and oxygen atoms in total. The van der Waals surface area contributed by atoms with Crippen molar-refractivity contribution in [1.82, 2.24) is 10.2 Å². The number of methoxy groups -OCH3 is 1. The summed E-state index contributed by atoms with van der Waals surface area (Å²) in [5.74, 6) is -0.502. The van der Waals surface area contributed by atoms with Gasteiger partial charge >= 0.3 is 5.97 Å². The smallest absolute Gasteiger partial charge is 0.325 e. The summed E-state index contributed by atoms with van der Waals surface area (Å²) in [6.45, 7) is 5.49. The number of ether oxygens (including phenoxy) is 1. The van der Waals surface area contributed by atoms with Crippen molar-refractivity contribution in [2.24, 2.45) is 0 Å². The Morgan fingerprint density at radius 2 is 1.87 bits per heavy atom. The molecule has 0 aromatic rings. The van der Waals surface area contributed by atoms with Gasteiger partial charge in [0.15, 0.2) is 0 Å². The summed E-state index contributed by atoms with van der Waals surface area (Å²) in [5, 5.41) is 2.85. The van der Waals surface area contributed by atoms with Crippen molar-refractivity contribution in [2.75, 3.05) is 20.7 Å². The third kappa shape index (κ3) is 4.29. The fourth-order valence-corrected chi connectivity index (χ4v) is 1.09. The minimum absolute atomic E-state index is 0.000972. The highest BCUT2D eigenvalue weighted by Crippen LogP contribution is 2.02. The predicted molar refractivity (Wildman–Crippen MR) is 57.4 cm³/mol. The lowest BCUT2D eigenvalue weighted by Gasteiger charge is -2.28. The van der Waals surface area contributed by atoms with E-state index >= 15 is 0 Å². The van der Waals surface area contributed by atoms with Gasteiger partial charge in [-0.1, -0.05) is 0 Å². The van der Waals surface area contributed by atoms with E-state index in [-0.39, 0.29) is 24.5 Å². The third-order valence-corrected chi connectivity index (χ3v) is 2.24. The van der Waals surface area contributed by atoms with Crippen LogP contribution in [0.3, 0.4) is 0 Å². The summed E-state index contributed by atoms with van der Waals surface area (Å²) in [6.07, 6.45) is 0. The second-order valence-corrected chi connectivity index (χ2v) is 3.65. The fourth-order valence-electron chi connectivity index (χ4n) is 1.09. The Morgan fingerprint density at radius 1 is 1.33 bits per heavy atom. The first-order chi connectivity index (χ1) is 6.93. The molecule has 15 heavy (non-hydrogen) atoms. The summed E-state index contributed by atoms with van der Waals surface area (Å²) >= 11 is 0. The molecule has 0 aromatic heterocycles. The average Bonchev–Trinajstić information content (AvgIpc) is 2.22. The van der Waals surface area contributed by atoms with E-state index in [1.54, 1.807) is 14.0 Å². The number of carbonyl (C=O) groups is 2. The van der Waals surface area contributed by atoms with E-state index < -0.39 is 5.97 Å². The number of carbonyl (C=O) groups excluding carboxylic acids is 2. The largest absolute Gasteiger partial charge is 0.468 e. The number of rotatable bonds is 5. The Balaban J connectivity index is 4.52. The highest BCUT2D eigenvalue weighted by Gasteiger charge is 2.23. The van der Waals surface area contributed by atoms with Gasteiger partial charge in [0.1, 0.15) is 6.54 Å². The SMILES string of the molecule is CNC(C)C(=O)N(CC(=O)OC)C(C)C. The van der Waals surface area contributed by atoms with E-state index in [0.717, 1.165) is 0 Å². The molecular formula is C10H20N2O3. The number of amides is 1. The summed E-state index contributed by atoms with van der Waals surface area (Å²) in [5.41, 5.74) is 0. The van der Waals surface area contributed by atoms with Crippen LogP contribution in [0.1, 0.15) is 20.8 Å². The van der Waals surface area contributed by atoms with Gasteiger partial charge in [-0.2, -0.15) is 0 Å². The van der Waals surface area contributed by atoms with Crippen molar-refractivity contribution in [2.45, 2.75) is 32.9 Å². The van der Waals surface area contributed by atoms with Gasteiger partial charge < -0.3 is 15.0 Å². The fraction of sp³-hybridized carbons (Fsp3) is 0.800. The molecule has 0 aliphatic heterocycles. The second kappa shape index (κ2) is 6.40. The number of hydrogen-bond acceptors (Lipinski definition) is 4. The lowest BCUT2D eigenvalue weighted by molar-refractivity contribution is -0.148. The van der Waals surface area contributed by atoms with E-state index in [0.29, 0.717) is 0 Å². The van der Waals surface area contributed by atoms with Crippen LogP contribution >= 0.6 is 0 Å². The lowest BCUT2D eigenvalue weighted by Crippen LogP contribution is -2.48. The Labute approximate surface area is 90.8 Å². The van der Waals surface area contributed by atoms with Gasteiger partial charge in [0, 0.05) is 6.04 Å². The van der Waals surface area contributed by atoms with E-state index in [2.05, 4.69) is 10.1 Å². The first-order valence-electron chi connectivity index (χ1n) is 4.98. The van der Waals surface area contributed by atoms with Crippen molar-refractivity contribution in [3.05, 3.63) is 0 Å². The molecule has 0 heterocycles. The molecule has 0 aromatic carbocycles. The minimum Gasteiger partial charge on any atom is -0.468 e. The van der Waals surface area contributed by atoms with Crippen LogP contribution in [0.5, 0.6) is 0 Å². The summed E-state index contributed by atoms with van der Waals surface area (Å²) in [7, 11) is 3.02. The number of hydrogen-bond donors (Lipinski definition) is 1. The summed E-state index contributed by atoms with van der Waals surface area (Å²) in [6, 6.07) is -0.315. The van der Waals surface area contributed by atoms with Gasteiger partial charge in [0.2, 0.25) is 5.91 Å². The molecule has 0 radical (unpaired) electrons. The molecule has 1 atom stereocenters. The molecule has 88 valence electrons. The lowest BCUT2D eigenvalue weighted by atomic mass is 10.2. The van der Waals surface area contributed by atoms with Crippen molar-refractivity contribution >= 4 is 11.9 Å². The first-order valence-corrected chi connectivity index (χ1v) is 4.98. The van der Waals surface area contributed by atoms with E-state index in [1.165, 1.54) is 12.0 Å². The maximum atomic E-state index is 11.8. The minimum atomic E-state index is -0.402. The number of esters is 1. The van der Waals surface area contributed by atoms with Gasteiger partial charge in [0.25, 0.3) is 0 Å². The van der Waals surface area contributed by atoms with E-state index in [1.807, 2.05) is 13.8 Å². The Bertz CT molecular complexity index is 229. The number of nitrogens with zero attached hydrogens (tertiary/aromatic N) is 1. The number of likely N-dealkylation sites (N-methyl/N-ethyl adjacent to an activating group) is 1. The maximum Gasteiger partial charge on any atom is 0.325 e. The molecule has 0 aliphatic rings. The van der Waals surface area contributed by atoms with Crippen LogP contribution in [-0.4, -0.2) is 49.6 Å². The molecule has 0 bridgehead atoms. The molecular weight excluding hydrogens is 196 g/mol. The average molecular weight is 216 g/mol. The molecule has 0 spiro atoms. The highest BCUT2D eigenvalue weighted by molar-refractivity contribution is 5.85. The van der Waals surface area contributed by atoms with E-state index in [4.69, 9.17) is 0 Å². The third-order valence-electron chi connectivity index (χ3n) is 2.24. The zero-order valence-corrected chi connectivity index (χ0v) is 10.0. The normalized spacial score (nSPS) is 12.4. The van der Waals surface area contributed by atoms with Crippen LogP contribution < -0.4 is 5.32 Å². The van der Waals surface area contributed by atoms with Crippen LogP contribution in [0.4, 0.5) is 0 Å². The molecule has 1 N–H and O–H groups in total. The molecule has 1 unspecified atom stereocenters. The van der Waals surface area contributed by atoms with Crippen molar-refractivity contribution in [1.29, 1.82) is 0 Å². The van der Waals surface area contributed by atoms with Crippen LogP contribution in [0, 0.1) is 0 Å². The second-order valence-electron chi connectivity index (χ2n) is 3.65. The van der Waals surface area contributed by atoms with Crippen molar-refractivity contribution < 1.29 is 14.3 Å². The van der Waals surface area contributed by atoms with Crippen LogP contribution in [0.25, 0.3) is 0 Å². The number of nitrogens with one attached hydrogen (secondary N) is 1. The zero-order valence-electron chi connectivity index (χ0n) is 10.0. The Hall–Kier alpha value is -1.10. The summed E-state index contributed by atoms with van der Waals surface area (Å²) < 4.78 is 4.54. The van der Waals surface area contributed by atoms with Gasteiger partial charge in [0.05, 0.1) is 13.2 Å². The van der Waals surface area contributed by atoms with Crippen LogP contribution in [0.15, 0.2) is 0 Å². The van der Waals surface area contributed by atoms with Crippen LogP contribution in [-0.2, 0) is 14.3 Å². The molecule has 0 fully saturated rings. The molecule has 0 aliphatic carbocycles. The van der Waals surface area contributed by atoms with E-state index in [9.17, 15) is 9.59 Å². The van der Waals surface area contributed by atoms with Crippen LogP contribution in [0.2, 0.25) is 0 Å². The van der Waals surface area contributed by atoms with Gasteiger partial charge in [-0.3, -0.25) is 9.59 Å². The molecule has 1 amide bonds. The molecule has 0 rings (SSSR count). The highest BCUT2D eigenvalue weighted by atomic mass is 16.5. The first kappa shape index (κ1) is 13.9. The van der Waals surface area contributed by atoms with Crippen molar-refractivity contribution in [3.63, 3.8) is 0 Å². The van der Waals surface area contributed by atoms with Crippen molar-refractivity contribution in [3.8, 4) is 0 Å². The Kier molecular flexibility index (Phi) is 5.93. The molecule has 0 saturated carbocycles. The molecule has 5 heteroatoms. The molecule has 0 saturated heterocycles. The zero-order chi connectivity index (χ0) is 12.0.